The van der Waals surface area contributed by atoms with Gasteiger partial charge < -0.3 is 14.4 Å². The molecule has 0 aliphatic carbocycles. The van der Waals surface area contributed by atoms with Gasteiger partial charge in [0.2, 0.25) is 11.8 Å². The summed E-state index contributed by atoms with van der Waals surface area (Å²) in [5.41, 5.74) is 1.94. The largest absolute Gasteiger partial charge is 0.337 e. The number of para-hydroxylation sites is 1. The standard InChI is InChI=1S/C24H21ClN6O3/c1-2-5-19-28-21(34-29-19)13-30-14-26-22-17-6-3-4-7-18(17)31(23(22)24(30)33)12-20(32)27-16-10-8-15(25)9-11-16/h3-4,6-11,14H,2,5,12-13H2,1H3,(H,27,32). The number of carbonyl (C=O) groups excluding carboxylic acids is 1. The minimum atomic E-state index is -0.296. The molecule has 172 valence electrons. The summed E-state index contributed by atoms with van der Waals surface area (Å²) >= 11 is 5.93. The van der Waals surface area contributed by atoms with Gasteiger partial charge in [-0.1, -0.05) is 41.9 Å². The summed E-state index contributed by atoms with van der Waals surface area (Å²) in [5, 5.41) is 8.16. The third-order valence-corrected chi connectivity index (χ3v) is 5.70. The molecule has 0 fully saturated rings. The summed E-state index contributed by atoms with van der Waals surface area (Å²) < 4.78 is 8.40. The van der Waals surface area contributed by atoms with Crippen LogP contribution in [0, 0.1) is 0 Å². The highest BCUT2D eigenvalue weighted by Crippen LogP contribution is 2.25. The predicted octanol–water partition coefficient (Wildman–Crippen LogP) is 4.03. The lowest BCUT2D eigenvalue weighted by molar-refractivity contribution is -0.116. The Bertz CT molecular complexity index is 1550. The normalized spacial score (nSPS) is 11.4. The smallest absolute Gasteiger partial charge is 0.278 e. The van der Waals surface area contributed by atoms with Crippen molar-refractivity contribution in [3.63, 3.8) is 0 Å². The van der Waals surface area contributed by atoms with Gasteiger partial charge in [-0.05, 0) is 36.8 Å². The number of fused-ring (bicyclic) bond motifs is 3. The fourth-order valence-corrected chi connectivity index (χ4v) is 4.05. The molecule has 0 saturated heterocycles. The maximum Gasteiger partial charge on any atom is 0.278 e. The second-order valence-corrected chi connectivity index (χ2v) is 8.32. The second-order valence-electron chi connectivity index (χ2n) is 7.89. The number of rotatable bonds is 7. The van der Waals surface area contributed by atoms with Crippen LogP contribution in [-0.4, -0.2) is 30.2 Å². The van der Waals surface area contributed by atoms with Crippen LogP contribution in [0.2, 0.25) is 5.02 Å². The van der Waals surface area contributed by atoms with Crippen molar-refractivity contribution in [2.75, 3.05) is 5.32 Å². The van der Waals surface area contributed by atoms with E-state index < -0.39 is 0 Å². The van der Waals surface area contributed by atoms with E-state index in [1.165, 1.54) is 10.9 Å². The summed E-state index contributed by atoms with van der Waals surface area (Å²) in [5.74, 6) is 0.656. The molecule has 2 aromatic carbocycles. The summed E-state index contributed by atoms with van der Waals surface area (Å²) in [6.45, 7) is 2.06. The highest BCUT2D eigenvalue weighted by molar-refractivity contribution is 6.30. The van der Waals surface area contributed by atoms with Crippen LogP contribution < -0.4 is 10.9 Å². The van der Waals surface area contributed by atoms with Gasteiger partial charge in [0.05, 0.1) is 11.8 Å². The summed E-state index contributed by atoms with van der Waals surface area (Å²) in [4.78, 5) is 35.2. The van der Waals surface area contributed by atoms with Crippen molar-refractivity contribution in [2.24, 2.45) is 0 Å². The Kier molecular flexibility index (Phi) is 5.85. The van der Waals surface area contributed by atoms with Crippen molar-refractivity contribution < 1.29 is 9.32 Å². The molecule has 0 unspecified atom stereocenters. The first kappa shape index (κ1) is 21.8. The zero-order valence-corrected chi connectivity index (χ0v) is 19.1. The average Bonchev–Trinajstić information content (AvgIpc) is 3.40. The van der Waals surface area contributed by atoms with Crippen LogP contribution in [0.5, 0.6) is 0 Å². The van der Waals surface area contributed by atoms with Crippen molar-refractivity contribution in [3.05, 3.63) is 81.9 Å². The van der Waals surface area contributed by atoms with Gasteiger partial charge in [0.25, 0.3) is 5.56 Å². The summed E-state index contributed by atoms with van der Waals surface area (Å²) in [7, 11) is 0. The fourth-order valence-electron chi connectivity index (χ4n) is 3.93. The Morgan fingerprint density at radius 1 is 1.15 bits per heavy atom. The number of hydrogen-bond acceptors (Lipinski definition) is 6. The number of hydrogen-bond donors (Lipinski definition) is 1. The maximum atomic E-state index is 13.5. The van der Waals surface area contributed by atoms with E-state index in [0.29, 0.717) is 39.9 Å². The molecule has 3 aromatic heterocycles. The monoisotopic (exact) mass is 476 g/mol. The molecular formula is C24H21ClN6O3. The van der Waals surface area contributed by atoms with Crippen LogP contribution in [0.4, 0.5) is 5.69 Å². The van der Waals surface area contributed by atoms with Crippen molar-refractivity contribution in [3.8, 4) is 0 Å². The highest BCUT2D eigenvalue weighted by Gasteiger charge is 2.19. The zero-order valence-electron chi connectivity index (χ0n) is 18.4. The predicted molar refractivity (Wildman–Crippen MR) is 129 cm³/mol. The number of nitrogens with one attached hydrogen (secondary N) is 1. The van der Waals surface area contributed by atoms with E-state index in [9.17, 15) is 9.59 Å². The third-order valence-electron chi connectivity index (χ3n) is 5.45. The summed E-state index contributed by atoms with van der Waals surface area (Å²) in [6.07, 6.45) is 3.07. The zero-order chi connectivity index (χ0) is 23.7. The highest BCUT2D eigenvalue weighted by atomic mass is 35.5. The molecule has 0 radical (unpaired) electrons. The van der Waals surface area contributed by atoms with Gasteiger partial charge in [-0.15, -0.1) is 0 Å². The number of anilines is 1. The molecule has 0 aliphatic heterocycles. The molecule has 9 nitrogen and oxygen atoms in total. The first-order valence-electron chi connectivity index (χ1n) is 10.9. The Hall–Kier alpha value is -3.98. The van der Waals surface area contributed by atoms with Crippen LogP contribution in [0.15, 0.2) is 64.2 Å². The van der Waals surface area contributed by atoms with E-state index in [4.69, 9.17) is 16.1 Å². The van der Waals surface area contributed by atoms with Gasteiger partial charge in [0, 0.05) is 22.5 Å². The van der Waals surface area contributed by atoms with Crippen LogP contribution in [0.3, 0.4) is 0 Å². The number of aromatic nitrogens is 5. The Balaban J connectivity index is 1.53. The molecule has 0 saturated carbocycles. The Morgan fingerprint density at radius 3 is 2.74 bits per heavy atom. The van der Waals surface area contributed by atoms with Crippen molar-refractivity contribution in [1.29, 1.82) is 0 Å². The van der Waals surface area contributed by atoms with Crippen molar-refractivity contribution in [1.82, 2.24) is 24.3 Å². The number of amides is 1. The van der Waals surface area contributed by atoms with Crippen LogP contribution in [0.1, 0.15) is 25.1 Å². The number of benzene rings is 2. The molecule has 0 spiro atoms. The van der Waals surface area contributed by atoms with Gasteiger partial charge in [0.1, 0.15) is 24.1 Å². The van der Waals surface area contributed by atoms with E-state index in [-0.39, 0.29) is 24.6 Å². The van der Waals surface area contributed by atoms with Crippen LogP contribution in [-0.2, 0) is 24.3 Å². The molecule has 3 heterocycles. The molecule has 1 amide bonds. The molecule has 10 heteroatoms. The van der Waals surface area contributed by atoms with Crippen molar-refractivity contribution >= 4 is 45.1 Å². The number of nitrogens with zero attached hydrogens (tertiary/aromatic N) is 5. The van der Waals surface area contributed by atoms with Gasteiger partial charge in [-0.3, -0.25) is 14.2 Å². The number of aryl methyl sites for hydroxylation is 1. The molecule has 5 aromatic rings. The second kappa shape index (κ2) is 9.11. The lowest BCUT2D eigenvalue weighted by Gasteiger charge is -2.09. The van der Waals surface area contributed by atoms with Gasteiger partial charge >= 0.3 is 0 Å². The lowest BCUT2D eigenvalue weighted by Crippen LogP contribution is -2.25. The van der Waals surface area contributed by atoms with Crippen LogP contribution >= 0.6 is 11.6 Å². The SMILES string of the molecule is CCCc1noc(Cn2cnc3c4ccccc4n(CC(=O)Nc4ccc(Cl)cc4)c3c2=O)n1. The molecule has 5 rings (SSSR count). The van der Waals surface area contributed by atoms with Crippen molar-refractivity contribution in [2.45, 2.75) is 32.9 Å². The quantitative estimate of drug-likeness (QED) is 0.380. The van der Waals surface area contributed by atoms with Gasteiger partial charge in [-0.2, -0.15) is 4.98 Å². The van der Waals surface area contributed by atoms with E-state index in [1.54, 1.807) is 28.8 Å². The number of carbonyl (C=O) groups is 1. The molecule has 0 atom stereocenters. The van der Waals surface area contributed by atoms with E-state index in [0.717, 1.165) is 17.3 Å². The minimum absolute atomic E-state index is 0.0607. The molecular weight excluding hydrogens is 456 g/mol. The summed E-state index contributed by atoms with van der Waals surface area (Å²) in [6, 6.07) is 14.3. The topological polar surface area (TPSA) is 108 Å². The van der Waals surface area contributed by atoms with Crippen LogP contribution in [0.25, 0.3) is 21.9 Å². The van der Waals surface area contributed by atoms with E-state index in [1.807, 2.05) is 31.2 Å². The average molecular weight is 477 g/mol. The first-order valence-corrected chi connectivity index (χ1v) is 11.2. The van der Waals surface area contributed by atoms with E-state index in [2.05, 4.69) is 20.4 Å². The lowest BCUT2D eigenvalue weighted by atomic mass is 10.2. The number of halogens is 1. The Morgan fingerprint density at radius 2 is 1.94 bits per heavy atom. The fraction of sp³-hybridized carbons (Fsp3) is 0.208. The molecule has 34 heavy (non-hydrogen) atoms. The maximum absolute atomic E-state index is 13.5. The molecule has 1 N–H and O–H groups in total. The molecule has 0 bridgehead atoms. The van der Waals surface area contributed by atoms with Gasteiger partial charge in [0.15, 0.2) is 5.82 Å². The minimum Gasteiger partial charge on any atom is -0.337 e. The third kappa shape index (κ3) is 4.17. The Labute approximate surface area is 199 Å². The van der Waals surface area contributed by atoms with Gasteiger partial charge in [-0.25, -0.2) is 4.98 Å². The van der Waals surface area contributed by atoms with E-state index >= 15 is 0 Å². The first-order chi connectivity index (χ1) is 16.5. The molecule has 0 aliphatic rings.